The van der Waals surface area contributed by atoms with Crippen molar-refractivity contribution in [1.29, 1.82) is 0 Å². The monoisotopic (exact) mass is 505 g/mol. The number of anilines is 3. The maximum absolute atomic E-state index is 13.6. The van der Waals surface area contributed by atoms with Gasteiger partial charge in [0.25, 0.3) is 5.91 Å². The second-order valence-electron chi connectivity index (χ2n) is 8.49. The molecule has 3 aromatic carbocycles. The fourth-order valence-corrected chi connectivity index (χ4v) is 4.13. The molecule has 1 aliphatic heterocycles. The van der Waals surface area contributed by atoms with Crippen LogP contribution in [-0.2, 0) is 10.9 Å². The molecular formula is C27H22F3N5O2. The first-order chi connectivity index (χ1) is 17.8. The van der Waals surface area contributed by atoms with Crippen LogP contribution in [0, 0.1) is 11.8 Å². The van der Waals surface area contributed by atoms with Crippen molar-refractivity contribution < 1.29 is 22.7 Å². The number of nitrogens with one attached hydrogen (secondary N) is 2. The third-order valence-electron chi connectivity index (χ3n) is 5.96. The maximum Gasteiger partial charge on any atom is 0.416 e. The molecule has 1 amide bonds. The van der Waals surface area contributed by atoms with E-state index in [2.05, 4.69) is 27.4 Å². The van der Waals surface area contributed by atoms with Crippen molar-refractivity contribution in [3.63, 3.8) is 0 Å². The number of morpholine rings is 1. The molecule has 0 aliphatic carbocycles. The summed E-state index contributed by atoms with van der Waals surface area (Å²) in [5.41, 5.74) is 7.77. The molecule has 4 aromatic rings. The van der Waals surface area contributed by atoms with E-state index in [-0.39, 0.29) is 5.56 Å². The first-order valence-corrected chi connectivity index (χ1v) is 11.5. The van der Waals surface area contributed by atoms with Crippen molar-refractivity contribution in [2.75, 3.05) is 42.3 Å². The molecule has 10 heteroatoms. The number of ether oxygens (including phenoxy) is 1. The lowest BCUT2D eigenvalue weighted by molar-refractivity contribution is -0.137. The number of halogens is 3. The van der Waals surface area contributed by atoms with Crippen molar-refractivity contribution in [2.24, 2.45) is 0 Å². The average Bonchev–Trinajstić information content (AvgIpc) is 3.29. The van der Waals surface area contributed by atoms with Crippen molar-refractivity contribution in [1.82, 2.24) is 10.2 Å². The van der Waals surface area contributed by atoms with Gasteiger partial charge in [-0.3, -0.25) is 9.89 Å². The Balaban J connectivity index is 1.40. The Labute approximate surface area is 210 Å². The number of aromatic amines is 1. The van der Waals surface area contributed by atoms with Crippen LogP contribution in [0.2, 0.25) is 0 Å². The number of nitrogens with zero attached hydrogens (tertiary/aromatic N) is 2. The minimum Gasteiger partial charge on any atom is -0.382 e. The van der Waals surface area contributed by atoms with Gasteiger partial charge in [-0.2, -0.15) is 18.3 Å². The fraction of sp³-hybridized carbons (Fsp3) is 0.185. The number of H-pyrrole nitrogens is 1. The Morgan fingerprint density at radius 1 is 1.05 bits per heavy atom. The van der Waals surface area contributed by atoms with Gasteiger partial charge in [-0.1, -0.05) is 24.0 Å². The van der Waals surface area contributed by atoms with Gasteiger partial charge in [0.1, 0.15) is 0 Å². The van der Waals surface area contributed by atoms with Crippen molar-refractivity contribution >= 4 is 34.0 Å². The van der Waals surface area contributed by atoms with Gasteiger partial charge in [-0.15, -0.1) is 0 Å². The summed E-state index contributed by atoms with van der Waals surface area (Å²) in [5, 5.41) is 10.3. The molecule has 1 aliphatic rings. The molecule has 4 N–H and O–H groups in total. The van der Waals surface area contributed by atoms with Crippen LogP contribution in [-0.4, -0.2) is 42.4 Å². The minimum atomic E-state index is -4.59. The Morgan fingerprint density at radius 3 is 2.62 bits per heavy atom. The molecule has 0 bridgehead atoms. The molecule has 0 atom stereocenters. The molecule has 2 heterocycles. The number of nitrogens with two attached hydrogens (primary N) is 1. The number of carbonyl (C=O) groups is 1. The van der Waals surface area contributed by atoms with Crippen LogP contribution >= 0.6 is 0 Å². The Morgan fingerprint density at radius 2 is 1.84 bits per heavy atom. The zero-order valence-electron chi connectivity index (χ0n) is 19.5. The summed E-state index contributed by atoms with van der Waals surface area (Å²) in [7, 11) is 0. The lowest BCUT2D eigenvalue weighted by atomic mass is 10.1. The van der Waals surface area contributed by atoms with Gasteiger partial charge >= 0.3 is 6.18 Å². The summed E-state index contributed by atoms with van der Waals surface area (Å²) in [6.45, 7) is 1.71. The van der Waals surface area contributed by atoms with E-state index in [4.69, 9.17) is 10.5 Å². The summed E-state index contributed by atoms with van der Waals surface area (Å²) in [6.07, 6.45) is -4.59. The summed E-state index contributed by atoms with van der Waals surface area (Å²) in [4.78, 5) is 14.8. The molecule has 188 valence electrons. The lowest BCUT2D eigenvalue weighted by Gasteiger charge is -2.29. The molecule has 0 radical (unpaired) electrons. The Kier molecular flexibility index (Phi) is 6.46. The summed E-state index contributed by atoms with van der Waals surface area (Å²) >= 11 is 0. The van der Waals surface area contributed by atoms with Crippen molar-refractivity contribution in [3.8, 4) is 11.8 Å². The molecule has 7 nitrogen and oxygen atoms in total. The third kappa shape index (κ3) is 5.37. The number of hydrogen-bond acceptors (Lipinski definition) is 5. The number of fused-ring (bicyclic) bond motifs is 1. The molecule has 0 spiro atoms. The summed E-state index contributed by atoms with van der Waals surface area (Å²) in [5.74, 6) is 5.80. The molecule has 1 aromatic heterocycles. The van der Waals surface area contributed by atoms with E-state index in [0.717, 1.165) is 23.0 Å². The van der Waals surface area contributed by atoms with Gasteiger partial charge in [0.2, 0.25) is 0 Å². The lowest BCUT2D eigenvalue weighted by Crippen LogP contribution is -2.36. The highest BCUT2D eigenvalue weighted by Crippen LogP contribution is 2.33. The molecule has 5 rings (SSSR count). The number of nitrogen functional groups attached to an aromatic ring is 1. The zero-order valence-corrected chi connectivity index (χ0v) is 19.5. The van der Waals surface area contributed by atoms with Crippen molar-refractivity contribution in [3.05, 3.63) is 82.9 Å². The highest BCUT2D eigenvalue weighted by atomic mass is 19.4. The average molecular weight is 506 g/mol. The number of carbonyl (C=O) groups excluding carboxylic acids is 1. The van der Waals surface area contributed by atoms with E-state index >= 15 is 0 Å². The number of benzene rings is 3. The van der Waals surface area contributed by atoms with Crippen LogP contribution in [0.25, 0.3) is 10.9 Å². The van der Waals surface area contributed by atoms with Gasteiger partial charge in [0.05, 0.1) is 29.7 Å². The van der Waals surface area contributed by atoms with E-state index in [1.165, 1.54) is 6.07 Å². The molecule has 1 fully saturated rings. The van der Waals surface area contributed by atoms with Crippen molar-refractivity contribution in [2.45, 2.75) is 6.18 Å². The zero-order chi connectivity index (χ0) is 26.0. The van der Waals surface area contributed by atoms with Crippen LogP contribution in [0.3, 0.4) is 0 Å². The predicted molar refractivity (Wildman–Crippen MR) is 135 cm³/mol. The van der Waals surface area contributed by atoms with E-state index in [1.807, 2.05) is 18.2 Å². The van der Waals surface area contributed by atoms with Gasteiger partial charge < -0.3 is 20.7 Å². The highest BCUT2D eigenvalue weighted by molar-refractivity contribution is 6.05. The molecule has 37 heavy (non-hydrogen) atoms. The SMILES string of the molecule is Nc1n[nH]c2cccc(C#Cc3cccc(NC(=O)c4cc(N5CCOCC5)cc(C(F)(F)F)c4)c3)c12. The van der Waals surface area contributed by atoms with Crippen LogP contribution in [0.5, 0.6) is 0 Å². The van der Waals surface area contributed by atoms with Crippen LogP contribution < -0.4 is 16.0 Å². The highest BCUT2D eigenvalue weighted by Gasteiger charge is 2.32. The standard InChI is InChI=1S/C27H22F3N5O2/c28-27(29,30)20-14-19(15-22(16-20)35-9-11-37-12-10-35)26(36)32-21-5-1-3-17(13-21)7-8-18-4-2-6-23-24(18)25(31)34-33-23/h1-6,13-16H,9-12H2,(H,32,36)(H3,31,33,34). The number of aromatic nitrogens is 2. The molecule has 0 unspecified atom stereocenters. The van der Waals surface area contributed by atoms with E-state index in [0.29, 0.717) is 54.6 Å². The van der Waals surface area contributed by atoms with Gasteiger partial charge in [0, 0.05) is 41.2 Å². The van der Waals surface area contributed by atoms with Crippen LogP contribution in [0.4, 0.5) is 30.4 Å². The fourth-order valence-electron chi connectivity index (χ4n) is 4.13. The summed E-state index contributed by atoms with van der Waals surface area (Å²) in [6, 6.07) is 15.7. The number of rotatable bonds is 3. The van der Waals surface area contributed by atoms with Gasteiger partial charge in [-0.05, 0) is 48.5 Å². The normalized spacial score (nSPS) is 13.8. The van der Waals surface area contributed by atoms with Crippen LogP contribution in [0.1, 0.15) is 27.0 Å². The molecule has 0 saturated carbocycles. The van der Waals surface area contributed by atoms with E-state index in [9.17, 15) is 18.0 Å². The Bertz CT molecular complexity index is 1530. The quantitative estimate of drug-likeness (QED) is 0.352. The first-order valence-electron chi connectivity index (χ1n) is 11.5. The van der Waals surface area contributed by atoms with E-state index < -0.39 is 17.6 Å². The van der Waals surface area contributed by atoms with Crippen LogP contribution in [0.15, 0.2) is 60.7 Å². The molecular weight excluding hydrogens is 483 g/mol. The largest absolute Gasteiger partial charge is 0.416 e. The van der Waals surface area contributed by atoms with E-state index in [1.54, 1.807) is 29.2 Å². The second kappa shape index (κ2) is 9.87. The van der Waals surface area contributed by atoms with Gasteiger partial charge in [-0.25, -0.2) is 0 Å². The maximum atomic E-state index is 13.6. The first kappa shape index (κ1) is 24.2. The predicted octanol–water partition coefficient (Wildman–Crippen LogP) is 4.65. The number of hydrogen-bond donors (Lipinski definition) is 3. The topological polar surface area (TPSA) is 96.3 Å². The smallest absolute Gasteiger partial charge is 0.382 e. The van der Waals surface area contributed by atoms with Gasteiger partial charge in [0.15, 0.2) is 5.82 Å². The number of amides is 1. The Hall–Kier alpha value is -4.49. The molecule has 1 saturated heterocycles. The minimum absolute atomic E-state index is 0.0880. The summed E-state index contributed by atoms with van der Waals surface area (Å²) < 4.78 is 46.0. The number of alkyl halides is 3. The second-order valence-corrected chi connectivity index (χ2v) is 8.49. The third-order valence-corrected chi connectivity index (χ3v) is 5.96.